The number of thiophene rings is 1. The van der Waals surface area contributed by atoms with Gasteiger partial charge in [-0.2, -0.15) is 0 Å². The molecule has 1 N–H and O–H groups in total. The zero-order chi connectivity index (χ0) is 22.3. The first kappa shape index (κ1) is 21.9. The van der Waals surface area contributed by atoms with Crippen molar-refractivity contribution in [2.24, 2.45) is 0 Å². The maximum atomic E-state index is 12.7. The summed E-state index contributed by atoms with van der Waals surface area (Å²) in [7, 11) is 1.57. The molecule has 1 aliphatic heterocycles. The van der Waals surface area contributed by atoms with Crippen LogP contribution in [-0.4, -0.2) is 51.9 Å². The first-order chi connectivity index (χ1) is 15.6. The monoisotopic (exact) mass is 452 g/mol. The van der Waals surface area contributed by atoms with Gasteiger partial charge in [-0.15, -0.1) is 11.3 Å². The van der Waals surface area contributed by atoms with Gasteiger partial charge in [-0.25, -0.2) is 4.79 Å². The fraction of sp³-hybridized carbons (Fsp3) is 0.250. The normalized spacial score (nSPS) is 13.5. The Balaban J connectivity index is 1.44. The van der Waals surface area contributed by atoms with Crippen molar-refractivity contribution in [2.45, 2.75) is 0 Å². The highest BCUT2D eigenvalue weighted by Gasteiger charge is 2.23. The Bertz CT molecular complexity index is 1060. The third-order valence-corrected chi connectivity index (χ3v) is 6.18. The molecule has 1 saturated heterocycles. The Morgan fingerprint density at radius 2 is 1.78 bits per heavy atom. The van der Waals surface area contributed by atoms with Crippen LogP contribution in [0.2, 0.25) is 0 Å². The van der Waals surface area contributed by atoms with Gasteiger partial charge in [-0.3, -0.25) is 4.79 Å². The van der Waals surface area contributed by atoms with Crippen molar-refractivity contribution < 1.29 is 23.8 Å². The second-order valence-electron chi connectivity index (χ2n) is 7.15. The van der Waals surface area contributed by atoms with Crippen molar-refractivity contribution in [2.75, 3.05) is 50.2 Å². The molecule has 1 aliphatic rings. The number of methoxy groups -OCH3 is 1. The van der Waals surface area contributed by atoms with Crippen LogP contribution in [0.15, 0.2) is 60.7 Å². The summed E-state index contributed by atoms with van der Waals surface area (Å²) in [5.41, 5.74) is 2.61. The fourth-order valence-electron chi connectivity index (χ4n) is 3.38. The molecule has 1 fully saturated rings. The molecule has 3 aromatic rings. The topological polar surface area (TPSA) is 77.1 Å². The van der Waals surface area contributed by atoms with Gasteiger partial charge < -0.3 is 24.4 Å². The number of esters is 1. The zero-order valence-corrected chi connectivity index (χ0v) is 18.5. The van der Waals surface area contributed by atoms with E-state index in [1.807, 2.05) is 36.4 Å². The summed E-state index contributed by atoms with van der Waals surface area (Å²) >= 11 is 1.38. The molecular formula is C24H24N2O5S. The summed E-state index contributed by atoms with van der Waals surface area (Å²) in [6.45, 7) is 2.46. The van der Waals surface area contributed by atoms with E-state index in [9.17, 15) is 9.59 Å². The number of rotatable bonds is 7. The van der Waals surface area contributed by atoms with Gasteiger partial charge in [0.2, 0.25) is 0 Å². The fourth-order valence-corrected chi connectivity index (χ4v) is 4.51. The van der Waals surface area contributed by atoms with Gasteiger partial charge in [0.25, 0.3) is 5.91 Å². The summed E-state index contributed by atoms with van der Waals surface area (Å²) in [5.74, 6) is -0.231. The Kier molecular flexibility index (Phi) is 7.03. The molecule has 0 atom stereocenters. The van der Waals surface area contributed by atoms with E-state index >= 15 is 0 Å². The Labute approximate surface area is 190 Å². The third-order valence-electron chi connectivity index (χ3n) is 5.00. The van der Waals surface area contributed by atoms with Crippen LogP contribution in [0, 0.1) is 0 Å². The molecule has 8 heteroatoms. The number of benzene rings is 2. The molecule has 0 aliphatic carbocycles. The SMILES string of the molecule is COc1ccc(NC(=O)COC(=O)c2cc(-c3ccccc3)c(N3CCOCC3)s2)cc1. The minimum atomic E-state index is -0.517. The van der Waals surface area contributed by atoms with Gasteiger partial charge in [0.05, 0.1) is 25.3 Å². The maximum Gasteiger partial charge on any atom is 0.348 e. The van der Waals surface area contributed by atoms with E-state index in [4.69, 9.17) is 14.2 Å². The molecular weight excluding hydrogens is 428 g/mol. The number of carbonyl (C=O) groups is 2. The molecule has 1 aromatic heterocycles. The Morgan fingerprint density at radius 1 is 1.06 bits per heavy atom. The standard InChI is InChI=1S/C24H24N2O5S/c1-29-19-9-7-18(8-10-19)25-22(27)16-31-24(28)21-15-20(17-5-3-2-4-6-17)23(32-21)26-11-13-30-14-12-26/h2-10,15H,11-14,16H2,1H3,(H,25,27). The quantitative estimate of drug-likeness (QED) is 0.545. The number of nitrogens with one attached hydrogen (secondary N) is 1. The highest BCUT2D eigenvalue weighted by Crippen LogP contribution is 2.39. The molecule has 0 radical (unpaired) electrons. The van der Waals surface area contributed by atoms with Gasteiger partial charge in [-0.05, 0) is 35.9 Å². The van der Waals surface area contributed by atoms with Crippen LogP contribution in [0.25, 0.3) is 11.1 Å². The van der Waals surface area contributed by atoms with E-state index < -0.39 is 11.9 Å². The number of nitrogens with zero attached hydrogens (tertiary/aromatic N) is 1. The number of morpholine rings is 1. The van der Waals surface area contributed by atoms with E-state index in [0.717, 1.165) is 29.2 Å². The predicted octanol–water partition coefficient (Wildman–Crippen LogP) is 4.06. The van der Waals surface area contributed by atoms with Crippen molar-refractivity contribution in [1.29, 1.82) is 0 Å². The van der Waals surface area contributed by atoms with Crippen LogP contribution < -0.4 is 15.0 Å². The van der Waals surface area contributed by atoms with Gasteiger partial charge in [0.15, 0.2) is 6.61 Å². The van der Waals surface area contributed by atoms with Gasteiger partial charge in [0, 0.05) is 24.3 Å². The van der Waals surface area contributed by atoms with Crippen LogP contribution in [0.5, 0.6) is 5.75 Å². The van der Waals surface area contributed by atoms with E-state index in [0.29, 0.717) is 29.5 Å². The molecule has 0 saturated carbocycles. The smallest absolute Gasteiger partial charge is 0.348 e. The Morgan fingerprint density at radius 3 is 2.47 bits per heavy atom. The number of ether oxygens (including phenoxy) is 3. The number of hydrogen-bond donors (Lipinski definition) is 1. The first-order valence-corrected chi connectivity index (χ1v) is 11.1. The van der Waals surface area contributed by atoms with Crippen LogP contribution in [0.3, 0.4) is 0 Å². The van der Waals surface area contributed by atoms with E-state index in [2.05, 4.69) is 10.2 Å². The second kappa shape index (κ2) is 10.3. The van der Waals surface area contributed by atoms with E-state index in [1.165, 1.54) is 11.3 Å². The lowest BCUT2D eigenvalue weighted by atomic mass is 10.1. The number of carbonyl (C=O) groups excluding carboxylic acids is 2. The molecule has 32 heavy (non-hydrogen) atoms. The average molecular weight is 453 g/mol. The minimum Gasteiger partial charge on any atom is -0.497 e. The molecule has 166 valence electrons. The van der Waals surface area contributed by atoms with Crippen molar-refractivity contribution in [3.8, 4) is 16.9 Å². The highest BCUT2D eigenvalue weighted by atomic mass is 32.1. The summed E-state index contributed by atoms with van der Waals surface area (Å²) in [4.78, 5) is 27.6. The Hall–Kier alpha value is -3.36. The lowest BCUT2D eigenvalue weighted by molar-refractivity contribution is -0.119. The summed E-state index contributed by atoms with van der Waals surface area (Å²) in [6.07, 6.45) is 0. The van der Waals surface area contributed by atoms with E-state index in [1.54, 1.807) is 31.4 Å². The first-order valence-electron chi connectivity index (χ1n) is 10.3. The van der Waals surface area contributed by atoms with Crippen molar-refractivity contribution in [1.82, 2.24) is 0 Å². The lowest BCUT2D eigenvalue weighted by Gasteiger charge is -2.28. The van der Waals surface area contributed by atoms with Crippen molar-refractivity contribution >= 4 is 33.9 Å². The van der Waals surface area contributed by atoms with Crippen LogP contribution in [0.1, 0.15) is 9.67 Å². The molecule has 2 heterocycles. The molecule has 4 rings (SSSR count). The molecule has 0 unspecified atom stereocenters. The van der Waals surface area contributed by atoms with Crippen LogP contribution in [-0.2, 0) is 14.3 Å². The zero-order valence-electron chi connectivity index (χ0n) is 17.7. The predicted molar refractivity (Wildman–Crippen MR) is 125 cm³/mol. The van der Waals surface area contributed by atoms with Crippen molar-refractivity contribution in [3.63, 3.8) is 0 Å². The number of hydrogen-bond acceptors (Lipinski definition) is 7. The molecule has 2 aromatic carbocycles. The second-order valence-corrected chi connectivity index (χ2v) is 8.18. The average Bonchev–Trinajstić information content (AvgIpc) is 3.30. The minimum absolute atomic E-state index is 0.365. The van der Waals surface area contributed by atoms with Gasteiger partial charge in [0.1, 0.15) is 10.6 Å². The van der Waals surface area contributed by atoms with Gasteiger partial charge in [-0.1, -0.05) is 30.3 Å². The van der Waals surface area contributed by atoms with E-state index in [-0.39, 0.29) is 6.61 Å². The number of amides is 1. The number of anilines is 2. The summed E-state index contributed by atoms with van der Waals surface area (Å²) < 4.78 is 15.9. The largest absolute Gasteiger partial charge is 0.497 e. The molecule has 0 bridgehead atoms. The maximum absolute atomic E-state index is 12.7. The van der Waals surface area contributed by atoms with Crippen molar-refractivity contribution in [3.05, 3.63) is 65.5 Å². The van der Waals surface area contributed by atoms with Crippen LogP contribution >= 0.6 is 11.3 Å². The molecule has 7 nitrogen and oxygen atoms in total. The molecule has 0 spiro atoms. The highest BCUT2D eigenvalue weighted by molar-refractivity contribution is 7.18. The third kappa shape index (κ3) is 5.27. The van der Waals surface area contributed by atoms with Crippen LogP contribution in [0.4, 0.5) is 10.7 Å². The van der Waals surface area contributed by atoms with Gasteiger partial charge >= 0.3 is 5.97 Å². The summed E-state index contributed by atoms with van der Waals surface area (Å²) in [6, 6.07) is 18.7. The summed E-state index contributed by atoms with van der Waals surface area (Å²) in [5, 5.41) is 3.71. The molecule has 1 amide bonds. The lowest BCUT2D eigenvalue weighted by Crippen LogP contribution is -2.35.